The van der Waals surface area contributed by atoms with Gasteiger partial charge in [0.15, 0.2) is 0 Å². The fraction of sp³-hybridized carbons (Fsp3) is 0.429. The van der Waals surface area contributed by atoms with Gasteiger partial charge in [-0.1, -0.05) is 0 Å². The van der Waals surface area contributed by atoms with Crippen molar-refractivity contribution in [3.05, 3.63) is 52.6 Å². The van der Waals surface area contributed by atoms with E-state index in [4.69, 9.17) is 0 Å². The molecule has 1 heteroatoms. The van der Waals surface area contributed by atoms with E-state index in [9.17, 15) is 0 Å². The van der Waals surface area contributed by atoms with Gasteiger partial charge in [-0.2, -0.15) is 0 Å². The zero-order valence-electron chi connectivity index (χ0n) is 14.6. The fourth-order valence-corrected chi connectivity index (χ4v) is 3.77. The van der Waals surface area contributed by atoms with Crippen molar-refractivity contribution >= 4 is 3.87 Å². The minimum absolute atomic E-state index is 0.199. The van der Waals surface area contributed by atoms with Gasteiger partial charge in [-0.3, -0.25) is 0 Å². The van der Waals surface area contributed by atoms with Gasteiger partial charge in [0.2, 0.25) is 0 Å². The Morgan fingerprint density at radius 2 is 1.36 bits per heavy atom. The minimum atomic E-state index is 0.199. The molecule has 2 aromatic rings. The molecule has 1 aliphatic carbocycles. The van der Waals surface area contributed by atoms with Crippen LogP contribution in [0.3, 0.4) is 0 Å². The summed E-state index contributed by atoms with van der Waals surface area (Å²) in [7, 11) is 0. The molecule has 22 heavy (non-hydrogen) atoms. The normalized spacial score (nSPS) is 13.9. The molecule has 2 aromatic carbocycles. The van der Waals surface area contributed by atoms with Crippen LogP contribution in [0.25, 0.3) is 11.1 Å². The van der Waals surface area contributed by atoms with Crippen molar-refractivity contribution in [3.8, 4) is 11.1 Å². The molecule has 0 spiro atoms. The summed E-state index contributed by atoms with van der Waals surface area (Å²) in [6.45, 7) is 13.8. The van der Waals surface area contributed by atoms with Crippen LogP contribution < -0.4 is 3.87 Å². The second-order valence-electron chi connectivity index (χ2n) is 8.60. The van der Waals surface area contributed by atoms with Crippen LogP contribution in [0.15, 0.2) is 30.3 Å². The topological polar surface area (TPSA) is 0 Å². The fourth-order valence-electron chi connectivity index (χ4n) is 3.17. The van der Waals surface area contributed by atoms with Gasteiger partial charge in [-0.15, -0.1) is 0 Å². The molecule has 0 nitrogen and oxygen atoms in total. The molecule has 0 atom stereocenters. The summed E-state index contributed by atoms with van der Waals surface area (Å²) in [6, 6.07) is 11.9. The second-order valence-corrected chi connectivity index (χ2v) is 9.44. The molecule has 0 bridgehead atoms. The molecule has 1 aliphatic rings. The van der Waals surface area contributed by atoms with Gasteiger partial charge in [0.05, 0.1) is 0 Å². The zero-order chi connectivity index (χ0) is 16.3. The monoisotopic (exact) mass is 325 g/mol. The van der Waals surface area contributed by atoms with Gasteiger partial charge in [-0.05, 0) is 0 Å². The average molecular weight is 325 g/mol. The first-order valence-corrected chi connectivity index (χ1v) is 8.88. The summed E-state index contributed by atoms with van der Waals surface area (Å²) in [5.41, 5.74) is 9.20. The third kappa shape index (κ3) is 2.72. The van der Waals surface area contributed by atoms with E-state index in [-0.39, 0.29) is 10.8 Å². The SMILES string of the molecule is CC(C)(C)c1ccc2c(c1)-c1cc(C(C)(C)C)c[c]([Ti])c1C2. The van der Waals surface area contributed by atoms with Crippen LogP contribution in [-0.2, 0) is 37.7 Å². The Labute approximate surface area is 146 Å². The maximum atomic E-state index is 2.43. The van der Waals surface area contributed by atoms with Gasteiger partial charge < -0.3 is 0 Å². The molecule has 0 aromatic heterocycles. The third-order valence-electron chi connectivity index (χ3n) is 4.75. The van der Waals surface area contributed by atoms with Gasteiger partial charge in [-0.25, -0.2) is 0 Å². The van der Waals surface area contributed by atoms with Crippen LogP contribution in [0.5, 0.6) is 0 Å². The molecule has 113 valence electrons. The van der Waals surface area contributed by atoms with Crippen molar-refractivity contribution in [2.75, 3.05) is 0 Å². The predicted molar refractivity (Wildman–Crippen MR) is 91.7 cm³/mol. The van der Waals surface area contributed by atoms with E-state index in [0.717, 1.165) is 6.42 Å². The molecule has 0 aliphatic heterocycles. The van der Waals surface area contributed by atoms with Crippen molar-refractivity contribution in [3.63, 3.8) is 0 Å². The molecule has 0 unspecified atom stereocenters. The molecule has 0 saturated heterocycles. The summed E-state index contributed by atoms with van der Waals surface area (Å²) < 4.78 is 1.44. The first-order valence-electron chi connectivity index (χ1n) is 8.10. The van der Waals surface area contributed by atoms with E-state index >= 15 is 0 Å². The summed E-state index contributed by atoms with van der Waals surface area (Å²) in [5, 5.41) is 0. The molecule has 0 N–H and O–H groups in total. The molecule has 0 heterocycles. The van der Waals surface area contributed by atoms with Crippen LogP contribution in [0.2, 0.25) is 0 Å². The molecule has 0 amide bonds. The van der Waals surface area contributed by atoms with Crippen molar-refractivity contribution in [1.82, 2.24) is 0 Å². The number of hydrogen-bond donors (Lipinski definition) is 0. The zero-order valence-corrected chi connectivity index (χ0v) is 16.2. The van der Waals surface area contributed by atoms with Crippen LogP contribution in [0.1, 0.15) is 63.8 Å². The molecule has 0 fully saturated rings. The Kier molecular flexibility index (Phi) is 3.70. The third-order valence-corrected chi connectivity index (χ3v) is 5.45. The second kappa shape index (κ2) is 5.08. The maximum absolute atomic E-state index is 2.43. The molecular formula is C21H25Ti. The summed E-state index contributed by atoms with van der Waals surface area (Å²) in [6.07, 6.45) is 1.09. The molecule has 0 saturated carbocycles. The van der Waals surface area contributed by atoms with Gasteiger partial charge in [0.1, 0.15) is 0 Å². The molecule has 0 radical (unpaired) electrons. The van der Waals surface area contributed by atoms with Crippen molar-refractivity contribution < 1.29 is 20.4 Å². The van der Waals surface area contributed by atoms with E-state index in [2.05, 4.69) is 92.3 Å². The Balaban J connectivity index is 2.21. The van der Waals surface area contributed by atoms with Crippen molar-refractivity contribution in [2.24, 2.45) is 0 Å². The number of hydrogen-bond acceptors (Lipinski definition) is 0. The number of fused-ring (bicyclic) bond motifs is 3. The van der Waals surface area contributed by atoms with Crippen LogP contribution >= 0.6 is 0 Å². The predicted octanol–water partition coefficient (Wildman–Crippen LogP) is 5.02. The van der Waals surface area contributed by atoms with Gasteiger partial charge >= 0.3 is 147 Å². The van der Waals surface area contributed by atoms with Crippen LogP contribution in [0, 0.1) is 0 Å². The van der Waals surface area contributed by atoms with Gasteiger partial charge in [0, 0.05) is 0 Å². The molecular weight excluding hydrogens is 300 g/mol. The van der Waals surface area contributed by atoms with Crippen LogP contribution in [-0.4, -0.2) is 0 Å². The van der Waals surface area contributed by atoms with Gasteiger partial charge in [0.25, 0.3) is 0 Å². The quantitative estimate of drug-likeness (QED) is 0.509. The first-order chi connectivity index (χ1) is 10.1. The Morgan fingerprint density at radius 3 is 1.95 bits per heavy atom. The average Bonchev–Trinajstić information content (AvgIpc) is 2.75. The van der Waals surface area contributed by atoms with E-state index in [1.165, 1.54) is 37.2 Å². The van der Waals surface area contributed by atoms with E-state index in [1.807, 2.05) is 0 Å². The van der Waals surface area contributed by atoms with Crippen LogP contribution in [0.4, 0.5) is 0 Å². The van der Waals surface area contributed by atoms with Crippen molar-refractivity contribution in [2.45, 2.75) is 58.8 Å². The Morgan fingerprint density at radius 1 is 0.773 bits per heavy atom. The summed E-state index contributed by atoms with van der Waals surface area (Å²) >= 11 is 2.27. The van der Waals surface area contributed by atoms with E-state index in [0.29, 0.717) is 0 Å². The summed E-state index contributed by atoms with van der Waals surface area (Å²) in [4.78, 5) is 0. The Hall–Kier alpha value is -0.846. The Bertz CT molecular complexity index is 740. The van der Waals surface area contributed by atoms with E-state index < -0.39 is 0 Å². The summed E-state index contributed by atoms with van der Waals surface area (Å²) in [5.74, 6) is 0. The number of benzene rings is 2. The van der Waals surface area contributed by atoms with Crippen molar-refractivity contribution in [1.29, 1.82) is 0 Å². The first kappa shape index (κ1) is 16.0. The standard InChI is InChI=1S/C21H25.Ti/c1-20(2,3)16-9-7-14-11-15-8-10-17(21(4,5)6)13-19(15)18(14)12-16;/h7,9-10,12-13H,11H2,1-6H3;. The molecule has 3 rings (SSSR count). The number of rotatable bonds is 0. The van der Waals surface area contributed by atoms with E-state index in [1.54, 1.807) is 0 Å².